The number of hydrogen-bond donors (Lipinski definition) is 0. The van der Waals surface area contributed by atoms with Gasteiger partial charge in [-0.25, -0.2) is 9.78 Å². The highest BCUT2D eigenvalue weighted by molar-refractivity contribution is 5.68. The fourth-order valence-electron chi connectivity index (χ4n) is 2.56. The first-order chi connectivity index (χ1) is 10.4. The molecule has 1 aromatic rings. The Morgan fingerprint density at radius 1 is 1.41 bits per heavy atom. The molecule has 2 heterocycles. The largest absolute Gasteiger partial charge is 0.478 e. The van der Waals surface area contributed by atoms with E-state index in [1.54, 1.807) is 6.20 Å². The number of pyridine rings is 1. The molecule has 1 aromatic heterocycles. The van der Waals surface area contributed by atoms with Crippen molar-refractivity contribution < 1.29 is 14.3 Å². The normalized spacial score (nSPS) is 18.9. The maximum atomic E-state index is 12.1. The van der Waals surface area contributed by atoms with E-state index in [-0.39, 0.29) is 6.09 Å². The molecule has 5 heteroatoms. The molecule has 0 spiro atoms. The molecule has 1 saturated heterocycles. The van der Waals surface area contributed by atoms with Crippen LogP contribution in [0.4, 0.5) is 4.79 Å². The quantitative estimate of drug-likeness (QED) is 0.854. The number of amides is 1. The van der Waals surface area contributed by atoms with E-state index in [0.29, 0.717) is 18.4 Å². The van der Waals surface area contributed by atoms with Crippen molar-refractivity contribution in [1.82, 2.24) is 9.88 Å². The highest BCUT2D eigenvalue weighted by atomic mass is 16.6. The Labute approximate surface area is 132 Å². The molecule has 2 rings (SSSR count). The van der Waals surface area contributed by atoms with Gasteiger partial charge in [-0.05, 0) is 52.0 Å². The molecule has 5 nitrogen and oxygen atoms in total. The first-order valence-electron chi connectivity index (χ1n) is 7.96. The van der Waals surface area contributed by atoms with Crippen LogP contribution in [0.3, 0.4) is 0 Å². The van der Waals surface area contributed by atoms with Crippen molar-refractivity contribution in [1.29, 1.82) is 0 Å². The van der Waals surface area contributed by atoms with E-state index in [0.717, 1.165) is 32.4 Å². The third-order valence-corrected chi connectivity index (χ3v) is 3.58. The smallest absolute Gasteiger partial charge is 0.410 e. The number of rotatable bonds is 4. The van der Waals surface area contributed by atoms with Crippen LogP contribution in [0.2, 0.25) is 0 Å². The standard InChI is InChI=1S/C17H26N2O3/c1-17(2,3)22-16(20)19-11-6-7-14(13-19)9-12-21-15-8-4-5-10-18-15/h4-5,8,10,14H,6-7,9,11-13H2,1-3H3. The minimum Gasteiger partial charge on any atom is -0.478 e. The van der Waals surface area contributed by atoms with E-state index >= 15 is 0 Å². The van der Waals surface area contributed by atoms with Gasteiger partial charge >= 0.3 is 6.09 Å². The van der Waals surface area contributed by atoms with Gasteiger partial charge in [0.25, 0.3) is 0 Å². The topological polar surface area (TPSA) is 51.7 Å². The third-order valence-electron chi connectivity index (χ3n) is 3.58. The fraction of sp³-hybridized carbons (Fsp3) is 0.647. The lowest BCUT2D eigenvalue weighted by molar-refractivity contribution is 0.0154. The van der Waals surface area contributed by atoms with Crippen molar-refractivity contribution in [2.24, 2.45) is 5.92 Å². The molecule has 122 valence electrons. The number of carbonyl (C=O) groups excluding carboxylic acids is 1. The Morgan fingerprint density at radius 3 is 2.91 bits per heavy atom. The zero-order valence-corrected chi connectivity index (χ0v) is 13.7. The summed E-state index contributed by atoms with van der Waals surface area (Å²) in [6, 6.07) is 5.63. The van der Waals surface area contributed by atoms with Gasteiger partial charge in [0.2, 0.25) is 5.88 Å². The zero-order chi connectivity index (χ0) is 16.0. The lowest BCUT2D eigenvalue weighted by Crippen LogP contribution is -2.43. The van der Waals surface area contributed by atoms with E-state index < -0.39 is 5.60 Å². The molecule has 0 radical (unpaired) electrons. The Bertz CT molecular complexity index is 471. The van der Waals surface area contributed by atoms with Gasteiger partial charge in [0.15, 0.2) is 0 Å². The summed E-state index contributed by atoms with van der Waals surface area (Å²) < 4.78 is 11.1. The SMILES string of the molecule is CC(C)(C)OC(=O)N1CCCC(CCOc2ccccn2)C1. The fourth-order valence-corrected chi connectivity index (χ4v) is 2.56. The second-order valence-electron chi connectivity index (χ2n) is 6.74. The zero-order valence-electron chi connectivity index (χ0n) is 13.7. The Morgan fingerprint density at radius 2 is 2.23 bits per heavy atom. The summed E-state index contributed by atoms with van der Waals surface area (Å²) in [5, 5.41) is 0. The Kier molecular flexibility index (Phi) is 5.63. The van der Waals surface area contributed by atoms with E-state index in [2.05, 4.69) is 4.98 Å². The van der Waals surface area contributed by atoms with Crippen molar-refractivity contribution in [2.45, 2.75) is 45.6 Å². The number of piperidine rings is 1. The van der Waals surface area contributed by atoms with Crippen LogP contribution >= 0.6 is 0 Å². The minimum atomic E-state index is -0.438. The van der Waals surface area contributed by atoms with Gasteiger partial charge in [0, 0.05) is 25.4 Å². The van der Waals surface area contributed by atoms with Crippen molar-refractivity contribution in [3.05, 3.63) is 24.4 Å². The molecule has 1 amide bonds. The molecule has 1 atom stereocenters. The summed E-state index contributed by atoms with van der Waals surface area (Å²) >= 11 is 0. The van der Waals surface area contributed by atoms with Gasteiger partial charge < -0.3 is 14.4 Å². The van der Waals surface area contributed by atoms with Crippen LogP contribution in [0.5, 0.6) is 5.88 Å². The molecule has 0 aromatic carbocycles. The minimum absolute atomic E-state index is 0.206. The summed E-state index contributed by atoms with van der Waals surface area (Å²) in [4.78, 5) is 18.1. The van der Waals surface area contributed by atoms with E-state index in [1.807, 2.05) is 43.9 Å². The maximum absolute atomic E-state index is 12.1. The molecule has 1 aliphatic rings. The van der Waals surface area contributed by atoms with E-state index in [4.69, 9.17) is 9.47 Å². The van der Waals surface area contributed by atoms with Crippen molar-refractivity contribution >= 4 is 6.09 Å². The van der Waals surface area contributed by atoms with Gasteiger partial charge in [-0.15, -0.1) is 0 Å². The first kappa shape index (κ1) is 16.6. The second-order valence-corrected chi connectivity index (χ2v) is 6.74. The van der Waals surface area contributed by atoms with Gasteiger partial charge in [0.1, 0.15) is 5.60 Å². The number of carbonyl (C=O) groups is 1. The molecule has 0 saturated carbocycles. The van der Waals surface area contributed by atoms with Crippen molar-refractivity contribution in [3.63, 3.8) is 0 Å². The van der Waals surface area contributed by atoms with E-state index in [1.165, 1.54) is 0 Å². The van der Waals surface area contributed by atoms with Gasteiger partial charge in [-0.3, -0.25) is 0 Å². The van der Waals surface area contributed by atoms with Crippen LogP contribution < -0.4 is 4.74 Å². The number of aromatic nitrogens is 1. The second kappa shape index (κ2) is 7.47. The molecule has 1 unspecified atom stereocenters. The van der Waals surface area contributed by atoms with Crippen molar-refractivity contribution in [3.8, 4) is 5.88 Å². The summed E-state index contributed by atoms with van der Waals surface area (Å²) in [5.74, 6) is 1.12. The average Bonchev–Trinajstić information content (AvgIpc) is 2.47. The van der Waals surface area contributed by atoms with Crippen LogP contribution in [0, 0.1) is 5.92 Å². The first-order valence-corrected chi connectivity index (χ1v) is 7.96. The van der Waals surface area contributed by atoms with Crippen LogP contribution in [0.25, 0.3) is 0 Å². The predicted octanol–water partition coefficient (Wildman–Crippen LogP) is 3.50. The van der Waals surface area contributed by atoms with Crippen LogP contribution in [0.15, 0.2) is 24.4 Å². The summed E-state index contributed by atoms with van der Waals surface area (Å²) in [5.41, 5.74) is -0.438. The molecule has 0 N–H and O–H groups in total. The molecule has 22 heavy (non-hydrogen) atoms. The lowest BCUT2D eigenvalue weighted by Gasteiger charge is -2.34. The van der Waals surface area contributed by atoms with Crippen molar-refractivity contribution in [2.75, 3.05) is 19.7 Å². The molecular formula is C17H26N2O3. The third kappa shape index (κ3) is 5.54. The number of ether oxygens (including phenoxy) is 2. The highest BCUT2D eigenvalue weighted by Gasteiger charge is 2.27. The molecule has 0 bridgehead atoms. The van der Waals surface area contributed by atoms with Crippen LogP contribution in [-0.4, -0.2) is 41.3 Å². The average molecular weight is 306 g/mol. The molecule has 1 fully saturated rings. The predicted molar refractivity (Wildman–Crippen MR) is 84.9 cm³/mol. The molecular weight excluding hydrogens is 280 g/mol. The molecule has 1 aliphatic heterocycles. The monoisotopic (exact) mass is 306 g/mol. The number of nitrogens with zero attached hydrogens (tertiary/aromatic N) is 2. The van der Waals surface area contributed by atoms with Crippen LogP contribution in [0.1, 0.15) is 40.0 Å². The summed E-state index contributed by atoms with van der Waals surface area (Å²) in [6.07, 6.45) is 4.59. The van der Waals surface area contributed by atoms with Gasteiger partial charge in [-0.2, -0.15) is 0 Å². The Hall–Kier alpha value is -1.78. The van der Waals surface area contributed by atoms with E-state index in [9.17, 15) is 4.79 Å². The van der Waals surface area contributed by atoms with Gasteiger partial charge in [0.05, 0.1) is 6.61 Å². The van der Waals surface area contributed by atoms with Gasteiger partial charge in [-0.1, -0.05) is 6.07 Å². The summed E-state index contributed by atoms with van der Waals surface area (Å²) in [6.45, 7) is 7.85. The van der Waals surface area contributed by atoms with Crippen LogP contribution in [-0.2, 0) is 4.74 Å². The highest BCUT2D eigenvalue weighted by Crippen LogP contribution is 2.22. The molecule has 0 aliphatic carbocycles. The maximum Gasteiger partial charge on any atom is 0.410 e. The number of likely N-dealkylation sites (tertiary alicyclic amines) is 1. The lowest BCUT2D eigenvalue weighted by atomic mass is 9.95. The summed E-state index contributed by atoms with van der Waals surface area (Å²) in [7, 11) is 0. The number of hydrogen-bond acceptors (Lipinski definition) is 4. The Balaban J connectivity index is 1.75.